The quantitative estimate of drug-likeness (QED) is 0.701. The summed E-state index contributed by atoms with van der Waals surface area (Å²) in [6.07, 6.45) is 3.92. The molecular formula is C23H28NOP. The lowest BCUT2D eigenvalue weighted by molar-refractivity contribution is 0.0725. The third-order valence-electron chi connectivity index (χ3n) is 5.57. The maximum Gasteiger partial charge on any atom is 0.151 e. The SMILES string of the molecule is CC(C)C1N=C(C2CCCC2P(c2ccccc2)c2ccccc2)CO1. The Morgan fingerprint density at radius 1 is 0.923 bits per heavy atom. The van der Waals surface area contributed by atoms with Crippen molar-refractivity contribution in [2.75, 3.05) is 6.61 Å². The van der Waals surface area contributed by atoms with Gasteiger partial charge in [-0.25, -0.2) is 0 Å². The molecule has 2 aromatic rings. The standard InChI is InChI=1S/C23H28NOP/c1-17(2)23-24-21(16-25-23)20-14-9-15-22(20)26(18-10-5-3-6-11-18)19-12-7-4-8-13-19/h3-8,10-13,17,20,22-23H,9,14-16H2,1-2H3. The van der Waals surface area contributed by atoms with Gasteiger partial charge in [0.25, 0.3) is 0 Å². The summed E-state index contributed by atoms with van der Waals surface area (Å²) >= 11 is 0. The van der Waals surface area contributed by atoms with E-state index in [0.29, 0.717) is 17.5 Å². The minimum absolute atomic E-state index is 0.0610. The molecule has 1 aliphatic heterocycles. The molecule has 1 fully saturated rings. The van der Waals surface area contributed by atoms with Gasteiger partial charge in [0.15, 0.2) is 6.23 Å². The van der Waals surface area contributed by atoms with E-state index in [-0.39, 0.29) is 14.1 Å². The van der Waals surface area contributed by atoms with Gasteiger partial charge in [-0.15, -0.1) is 0 Å². The number of rotatable bonds is 5. The summed E-state index contributed by atoms with van der Waals surface area (Å²) in [5.41, 5.74) is 1.99. The Bertz CT molecular complexity index is 704. The molecule has 2 nitrogen and oxygen atoms in total. The molecule has 0 saturated heterocycles. The van der Waals surface area contributed by atoms with Crippen molar-refractivity contribution in [3.63, 3.8) is 0 Å². The smallest absolute Gasteiger partial charge is 0.151 e. The summed E-state index contributed by atoms with van der Waals surface area (Å²) in [5, 5.41) is 2.98. The topological polar surface area (TPSA) is 21.6 Å². The van der Waals surface area contributed by atoms with Gasteiger partial charge in [-0.2, -0.15) is 0 Å². The van der Waals surface area contributed by atoms with E-state index in [0.717, 1.165) is 6.61 Å². The van der Waals surface area contributed by atoms with Gasteiger partial charge >= 0.3 is 0 Å². The molecule has 1 saturated carbocycles. The molecule has 0 spiro atoms. The predicted molar refractivity (Wildman–Crippen MR) is 112 cm³/mol. The number of benzene rings is 2. The van der Waals surface area contributed by atoms with Crippen molar-refractivity contribution in [3.05, 3.63) is 60.7 Å². The molecule has 0 bridgehead atoms. The van der Waals surface area contributed by atoms with Gasteiger partial charge in [0.2, 0.25) is 0 Å². The van der Waals surface area contributed by atoms with Crippen LogP contribution in [-0.2, 0) is 4.74 Å². The van der Waals surface area contributed by atoms with Gasteiger partial charge in [-0.3, -0.25) is 4.99 Å². The zero-order chi connectivity index (χ0) is 17.9. The molecule has 0 amide bonds. The molecule has 1 heterocycles. The number of hydrogen-bond acceptors (Lipinski definition) is 2. The molecule has 136 valence electrons. The summed E-state index contributed by atoms with van der Waals surface area (Å²) in [6, 6.07) is 22.2. The van der Waals surface area contributed by atoms with Crippen molar-refractivity contribution in [1.29, 1.82) is 0 Å². The Hall–Kier alpha value is -1.50. The Morgan fingerprint density at radius 2 is 1.54 bits per heavy atom. The maximum absolute atomic E-state index is 5.98. The zero-order valence-corrected chi connectivity index (χ0v) is 16.6. The van der Waals surface area contributed by atoms with Crippen LogP contribution in [0, 0.1) is 11.8 Å². The second kappa shape index (κ2) is 8.03. The molecule has 4 rings (SSSR count). The van der Waals surface area contributed by atoms with E-state index in [1.54, 1.807) is 0 Å². The van der Waals surface area contributed by atoms with E-state index in [9.17, 15) is 0 Å². The third-order valence-corrected chi connectivity index (χ3v) is 8.56. The molecule has 2 aliphatic rings. The Kier molecular flexibility index (Phi) is 5.52. The molecule has 26 heavy (non-hydrogen) atoms. The van der Waals surface area contributed by atoms with Crippen molar-refractivity contribution >= 4 is 24.2 Å². The van der Waals surface area contributed by atoms with Crippen molar-refractivity contribution in [1.82, 2.24) is 0 Å². The summed E-state index contributed by atoms with van der Waals surface area (Å²) in [7, 11) is -0.373. The lowest BCUT2D eigenvalue weighted by Crippen LogP contribution is -2.29. The van der Waals surface area contributed by atoms with Crippen LogP contribution in [0.4, 0.5) is 0 Å². The number of ether oxygens (including phenoxy) is 1. The highest BCUT2D eigenvalue weighted by Crippen LogP contribution is 2.50. The van der Waals surface area contributed by atoms with E-state index >= 15 is 0 Å². The van der Waals surface area contributed by atoms with Crippen molar-refractivity contribution in [3.8, 4) is 0 Å². The summed E-state index contributed by atoms with van der Waals surface area (Å²) in [4.78, 5) is 4.99. The lowest BCUT2D eigenvalue weighted by atomic mass is 10.0. The van der Waals surface area contributed by atoms with Crippen LogP contribution in [0.2, 0.25) is 0 Å². The van der Waals surface area contributed by atoms with E-state index in [4.69, 9.17) is 9.73 Å². The van der Waals surface area contributed by atoms with Gasteiger partial charge in [-0.1, -0.05) is 80.9 Å². The van der Waals surface area contributed by atoms with E-state index in [1.165, 1.54) is 35.6 Å². The summed E-state index contributed by atoms with van der Waals surface area (Å²) in [5.74, 6) is 1.03. The highest BCUT2D eigenvalue weighted by molar-refractivity contribution is 7.73. The summed E-state index contributed by atoms with van der Waals surface area (Å²) < 4.78 is 5.98. The first-order valence-corrected chi connectivity index (χ1v) is 11.2. The van der Waals surface area contributed by atoms with Crippen LogP contribution in [0.5, 0.6) is 0 Å². The zero-order valence-electron chi connectivity index (χ0n) is 15.7. The molecule has 1 aliphatic carbocycles. The molecule has 2 aromatic carbocycles. The molecular weight excluding hydrogens is 337 g/mol. The lowest BCUT2D eigenvalue weighted by Gasteiger charge is -2.30. The minimum Gasteiger partial charge on any atom is -0.350 e. The molecule has 0 radical (unpaired) electrons. The molecule has 3 unspecified atom stereocenters. The van der Waals surface area contributed by atoms with E-state index < -0.39 is 0 Å². The first kappa shape index (κ1) is 17.9. The van der Waals surface area contributed by atoms with Crippen LogP contribution in [-0.4, -0.2) is 24.2 Å². The highest BCUT2D eigenvalue weighted by atomic mass is 31.1. The maximum atomic E-state index is 5.98. The van der Waals surface area contributed by atoms with Crippen LogP contribution in [0.3, 0.4) is 0 Å². The Labute approximate surface area is 158 Å². The van der Waals surface area contributed by atoms with Crippen LogP contribution in [0.1, 0.15) is 33.1 Å². The van der Waals surface area contributed by atoms with E-state index in [2.05, 4.69) is 74.5 Å². The number of aliphatic imine (C=N–C) groups is 1. The van der Waals surface area contributed by atoms with Crippen molar-refractivity contribution in [2.45, 2.75) is 45.0 Å². The first-order chi connectivity index (χ1) is 12.7. The van der Waals surface area contributed by atoms with Crippen LogP contribution in [0.25, 0.3) is 0 Å². The normalized spacial score (nSPS) is 25.8. The third kappa shape index (κ3) is 3.63. The average molecular weight is 365 g/mol. The fourth-order valence-electron chi connectivity index (χ4n) is 4.30. The summed E-state index contributed by atoms with van der Waals surface area (Å²) in [6.45, 7) is 5.13. The minimum atomic E-state index is -0.373. The van der Waals surface area contributed by atoms with Crippen LogP contribution < -0.4 is 10.6 Å². The first-order valence-electron chi connectivity index (χ1n) is 9.81. The van der Waals surface area contributed by atoms with Gasteiger partial charge in [0, 0.05) is 11.6 Å². The van der Waals surface area contributed by atoms with Gasteiger partial charge < -0.3 is 4.74 Å². The monoisotopic (exact) mass is 365 g/mol. The van der Waals surface area contributed by atoms with Crippen molar-refractivity contribution < 1.29 is 4.74 Å². The van der Waals surface area contributed by atoms with Crippen LogP contribution >= 0.6 is 7.92 Å². The molecule has 0 aromatic heterocycles. The fraction of sp³-hybridized carbons (Fsp3) is 0.435. The van der Waals surface area contributed by atoms with Gasteiger partial charge in [-0.05, 0) is 42.9 Å². The highest BCUT2D eigenvalue weighted by Gasteiger charge is 2.39. The van der Waals surface area contributed by atoms with E-state index in [1.807, 2.05) is 0 Å². The Balaban J connectivity index is 1.68. The number of nitrogens with zero attached hydrogens (tertiary/aromatic N) is 1. The Morgan fingerprint density at radius 3 is 2.08 bits per heavy atom. The second-order valence-electron chi connectivity index (χ2n) is 7.71. The average Bonchev–Trinajstić information content (AvgIpc) is 3.33. The molecule has 3 atom stereocenters. The molecule has 0 N–H and O–H groups in total. The second-order valence-corrected chi connectivity index (χ2v) is 10.1. The fourth-order valence-corrected chi connectivity index (χ4v) is 7.47. The predicted octanol–water partition coefficient (Wildman–Crippen LogP) is 4.74. The van der Waals surface area contributed by atoms with Gasteiger partial charge in [0.05, 0.1) is 6.61 Å². The largest absolute Gasteiger partial charge is 0.350 e. The van der Waals surface area contributed by atoms with Gasteiger partial charge in [0.1, 0.15) is 0 Å². The number of hydrogen-bond donors (Lipinski definition) is 0. The van der Waals surface area contributed by atoms with Crippen LogP contribution in [0.15, 0.2) is 65.7 Å². The van der Waals surface area contributed by atoms with Crippen molar-refractivity contribution in [2.24, 2.45) is 16.8 Å². The molecule has 3 heteroatoms.